The first kappa shape index (κ1) is 41.9. The number of primary amides is 1. The number of piperidine rings is 1. The van der Waals surface area contributed by atoms with Crippen molar-refractivity contribution in [2.75, 3.05) is 26.3 Å². The fraction of sp³-hybridized carbons (Fsp3) is 0.378. The van der Waals surface area contributed by atoms with Crippen molar-refractivity contribution in [3.8, 4) is 11.1 Å². The second-order valence-electron chi connectivity index (χ2n) is 14.7. The molecule has 0 radical (unpaired) electrons. The predicted octanol–water partition coefficient (Wildman–Crippen LogP) is 7.82. The lowest BCUT2D eigenvalue weighted by molar-refractivity contribution is -0.114. The molecule has 2 amide bonds. The fourth-order valence-electron chi connectivity index (χ4n) is 7.09. The van der Waals surface area contributed by atoms with Gasteiger partial charge in [0.1, 0.15) is 11.5 Å². The first-order valence-corrected chi connectivity index (χ1v) is 18.8. The highest BCUT2D eigenvalue weighted by atomic mass is 19.1. The van der Waals surface area contributed by atoms with Crippen molar-refractivity contribution in [2.24, 2.45) is 11.7 Å². The number of likely N-dealkylation sites (tertiary alicyclic amines) is 1. The third-order valence-electron chi connectivity index (χ3n) is 10.6. The second kappa shape index (κ2) is 19.5. The van der Waals surface area contributed by atoms with E-state index in [2.05, 4.69) is 41.7 Å². The van der Waals surface area contributed by atoms with Gasteiger partial charge < -0.3 is 26.2 Å². The number of rotatable bonds is 18. The highest BCUT2D eigenvalue weighted by Gasteiger charge is 2.30. The van der Waals surface area contributed by atoms with Crippen LogP contribution in [0.15, 0.2) is 103 Å². The number of benzene rings is 2. The number of aliphatic hydroxyl groups excluding tert-OH is 1. The zero-order valence-corrected chi connectivity index (χ0v) is 32.5. The number of hydrogen-bond acceptors (Lipinski definition) is 6. The molecule has 0 unspecified atom stereocenters. The van der Waals surface area contributed by atoms with Crippen LogP contribution in [0.5, 0.6) is 0 Å². The Morgan fingerprint density at radius 3 is 2.44 bits per heavy atom. The maximum Gasteiger partial charge on any atom is 0.265 e. The van der Waals surface area contributed by atoms with E-state index in [-0.39, 0.29) is 11.3 Å². The molecule has 2 aliphatic rings. The van der Waals surface area contributed by atoms with Crippen LogP contribution in [-0.2, 0) is 26.3 Å². The molecule has 5 N–H and O–H groups in total. The van der Waals surface area contributed by atoms with Gasteiger partial charge in [-0.15, -0.1) is 6.58 Å². The number of nitrogens with zero attached hydrogens (tertiary/aromatic N) is 1. The number of nitrogens with two attached hydrogens (primary N) is 1. The van der Waals surface area contributed by atoms with Crippen molar-refractivity contribution in [3.05, 3.63) is 131 Å². The first-order valence-electron chi connectivity index (χ1n) is 18.8. The van der Waals surface area contributed by atoms with E-state index in [9.17, 15) is 14.7 Å². The third kappa shape index (κ3) is 10.2. The highest BCUT2D eigenvalue weighted by molar-refractivity contribution is 5.96. The lowest BCUT2D eigenvalue weighted by Gasteiger charge is -2.41. The fourth-order valence-corrected chi connectivity index (χ4v) is 7.09. The Morgan fingerprint density at radius 2 is 1.87 bits per heavy atom. The van der Waals surface area contributed by atoms with Gasteiger partial charge in [0.15, 0.2) is 0 Å². The maximum atomic E-state index is 16.3. The second-order valence-corrected chi connectivity index (χ2v) is 14.7. The van der Waals surface area contributed by atoms with Gasteiger partial charge in [-0.25, -0.2) is 4.39 Å². The number of aliphatic hydroxyl groups is 1. The molecule has 2 aliphatic heterocycles. The number of halogens is 1. The summed E-state index contributed by atoms with van der Waals surface area (Å²) in [5, 5.41) is 16.7. The smallest absolute Gasteiger partial charge is 0.265 e. The summed E-state index contributed by atoms with van der Waals surface area (Å²) in [6.07, 6.45) is 16.7. The Bertz CT molecular complexity index is 1860. The van der Waals surface area contributed by atoms with Gasteiger partial charge in [0.25, 0.3) is 5.91 Å². The van der Waals surface area contributed by atoms with Crippen LogP contribution in [0, 0.1) is 11.7 Å². The average Bonchev–Trinajstić information content (AvgIpc) is 3.13. The molecule has 2 aromatic carbocycles. The van der Waals surface area contributed by atoms with Crippen LogP contribution in [0.1, 0.15) is 82.6 Å². The van der Waals surface area contributed by atoms with E-state index < -0.39 is 23.7 Å². The van der Waals surface area contributed by atoms with Gasteiger partial charge in [-0.3, -0.25) is 14.5 Å². The zero-order valence-electron chi connectivity index (χ0n) is 32.5. The topological polar surface area (TPSA) is 117 Å². The van der Waals surface area contributed by atoms with Crippen LogP contribution in [0.4, 0.5) is 4.39 Å². The summed E-state index contributed by atoms with van der Waals surface area (Å²) >= 11 is 0. The van der Waals surface area contributed by atoms with Gasteiger partial charge in [-0.1, -0.05) is 81.8 Å². The number of ether oxygens (including phenoxy) is 1. The van der Waals surface area contributed by atoms with Crippen LogP contribution in [-0.4, -0.2) is 54.7 Å². The van der Waals surface area contributed by atoms with Crippen LogP contribution in [0.3, 0.4) is 0 Å². The largest absolute Gasteiger partial charge is 0.392 e. The third-order valence-corrected chi connectivity index (χ3v) is 10.6. The summed E-state index contributed by atoms with van der Waals surface area (Å²) in [6.45, 7) is 21.1. The van der Waals surface area contributed by atoms with Crippen molar-refractivity contribution < 1.29 is 23.8 Å². The van der Waals surface area contributed by atoms with E-state index in [0.717, 1.165) is 62.4 Å². The number of allylic oxidation sites excluding steroid dienone is 9. The summed E-state index contributed by atoms with van der Waals surface area (Å²) < 4.78 is 21.7. The highest BCUT2D eigenvalue weighted by Crippen LogP contribution is 2.39. The molecule has 0 aromatic heterocycles. The van der Waals surface area contributed by atoms with Crippen molar-refractivity contribution >= 4 is 24.0 Å². The Hall–Kier alpha value is -4.83. The molecule has 9 heteroatoms. The molecule has 0 atom stereocenters. The van der Waals surface area contributed by atoms with Gasteiger partial charge in [-0.2, -0.15) is 0 Å². The van der Waals surface area contributed by atoms with Gasteiger partial charge in [0, 0.05) is 22.9 Å². The van der Waals surface area contributed by atoms with Gasteiger partial charge in [0.05, 0.1) is 25.9 Å². The lowest BCUT2D eigenvalue weighted by Crippen LogP contribution is -2.51. The van der Waals surface area contributed by atoms with E-state index in [1.54, 1.807) is 24.3 Å². The minimum absolute atomic E-state index is 0.179. The molecule has 2 saturated heterocycles. The molecule has 0 aliphatic carbocycles. The molecule has 2 aromatic rings. The molecule has 4 rings (SSSR count). The first-order chi connectivity index (χ1) is 25.9. The maximum absolute atomic E-state index is 16.3. The number of carbonyl (C=O) groups excluding carboxylic acids is 2. The van der Waals surface area contributed by atoms with Crippen molar-refractivity contribution in [3.63, 3.8) is 0 Å². The Balaban J connectivity index is 1.76. The molecule has 2 fully saturated rings. The molecule has 0 saturated carbocycles. The van der Waals surface area contributed by atoms with Gasteiger partial charge >= 0.3 is 0 Å². The van der Waals surface area contributed by atoms with Crippen molar-refractivity contribution in [2.45, 2.75) is 78.4 Å². The van der Waals surface area contributed by atoms with E-state index in [1.807, 2.05) is 58.0 Å². The minimum atomic E-state index is -0.645. The van der Waals surface area contributed by atoms with E-state index in [0.29, 0.717) is 58.2 Å². The summed E-state index contributed by atoms with van der Waals surface area (Å²) in [4.78, 5) is 26.6. The van der Waals surface area contributed by atoms with E-state index >= 15 is 4.39 Å². The van der Waals surface area contributed by atoms with Crippen molar-refractivity contribution in [1.29, 1.82) is 0 Å². The molecule has 54 heavy (non-hydrogen) atoms. The standard InChI is InChI=1S/C45H57FN4O4/c1-8-12-30(4)39(25-42(44(47)53)49-31(5)15-16-32(9-2)33-18-21-50(22-19-33)36-27-54-28-36)37-13-11-14-38(40(37)26-51)43-34(17-20-48-29-52)23-35(24-41(43)46)45(6,7)10-3/h9-11,13-17,20,23-25,29,33,36,49,51H,2-3,8,12,18-19,21-22,26-28H2,1,4-7H3,(H2,47,53)(H,48,52)/b20-17-,31-15+,32-16+,39-30?,42-25+. The van der Waals surface area contributed by atoms with E-state index in [4.69, 9.17) is 10.5 Å². The molecule has 8 nitrogen and oxygen atoms in total. The predicted molar refractivity (Wildman–Crippen MR) is 218 cm³/mol. The van der Waals surface area contributed by atoms with Crippen LogP contribution >= 0.6 is 0 Å². The average molecular weight is 737 g/mol. The van der Waals surface area contributed by atoms with E-state index in [1.165, 1.54) is 12.3 Å². The van der Waals surface area contributed by atoms with Gasteiger partial charge in [-0.05, 0) is 115 Å². The van der Waals surface area contributed by atoms with Crippen LogP contribution in [0.25, 0.3) is 22.8 Å². The lowest BCUT2D eigenvalue weighted by atomic mass is 9.81. The zero-order chi connectivity index (χ0) is 39.4. The SMILES string of the molecule is C=C/C(=C\C=C(/C)N/C(=C/C(=C(C)CCC)c1cccc(-c2c(F)cc(C(C)(C)C=C)cc2/C=C\NC=O)c1CO)C(N)=O)C1CCN(C2COC2)CC1. The monoisotopic (exact) mass is 736 g/mol. The van der Waals surface area contributed by atoms with Crippen LogP contribution in [0.2, 0.25) is 0 Å². The van der Waals surface area contributed by atoms with Gasteiger partial charge in [0.2, 0.25) is 6.41 Å². The normalized spacial score (nSPS) is 17.2. The van der Waals surface area contributed by atoms with Crippen LogP contribution < -0.4 is 16.4 Å². The molecular formula is C45H57FN4O4. The minimum Gasteiger partial charge on any atom is -0.392 e. The number of nitrogens with one attached hydrogen (secondary N) is 2. The number of carbonyl (C=O) groups is 2. The molecule has 0 spiro atoms. The Kier molecular flexibility index (Phi) is 15.1. The Morgan fingerprint density at radius 1 is 1.15 bits per heavy atom. The van der Waals surface area contributed by atoms with Crippen molar-refractivity contribution in [1.82, 2.24) is 15.5 Å². The summed E-state index contributed by atoms with van der Waals surface area (Å²) in [6, 6.07) is 9.32. The molecule has 288 valence electrons. The quantitative estimate of drug-likeness (QED) is 0.0537. The number of hydrogen-bond donors (Lipinski definition) is 4. The number of amides is 2. The summed E-state index contributed by atoms with van der Waals surface area (Å²) in [7, 11) is 0. The summed E-state index contributed by atoms with van der Waals surface area (Å²) in [5.74, 6) is -0.734. The summed E-state index contributed by atoms with van der Waals surface area (Å²) in [5.41, 5.74) is 12.3. The molecular weight excluding hydrogens is 680 g/mol. The molecule has 2 heterocycles. The molecule has 0 bridgehead atoms. The Labute approximate surface area is 320 Å².